The number of benzene rings is 1. The molecule has 0 aliphatic carbocycles. The van der Waals surface area contributed by atoms with Crippen LogP contribution < -0.4 is 5.32 Å². The van der Waals surface area contributed by atoms with Crippen molar-refractivity contribution in [1.82, 2.24) is 5.32 Å². The van der Waals surface area contributed by atoms with Gasteiger partial charge in [-0.3, -0.25) is 0 Å². The van der Waals surface area contributed by atoms with Crippen LogP contribution in [0.4, 0.5) is 0 Å². The zero-order valence-corrected chi connectivity index (χ0v) is 16.4. The summed E-state index contributed by atoms with van der Waals surface area (Å²) in [7, 11) is 0. The van der Waals surface area contributed by atoms with Crippen molar-refractivity contribution >= 4 is 43.2 Å². The van der Waals surface area contributed by atoms with Crippen molar-refractivity contribution in [1.29, 1.82) is 0 Å². The van der Waals surface area contributed by atoms with Gasteiger partial charge in [0.1, 0.15) is 0 Å². The van der Waals surface area contributed by atoms with E-state index in [0.29, 0.717) is 11.8 Å². The molecule has 0 aliphatic heterocycles. The molecule has 1 N–H and O–H groups in total. The molecule has 0 bridgehead atoms. The SMILES string of the molecule is CC(C)CNCC(Cc1ccc(Br)s1)c1cccc(Br)c1. The van der Waals surface area contributed by atoms with Crippen LogP contribution in [0.5, 0.6) is 0 Å². The van der Waals surface area contributed by atoms with Gasteiger partial charge < -0.3 is 5.32 Å². The molecular weight excluding hydrogens is 410 g/mol. The molecule has 1 nitrogen and oxygen atoms in total. The van der Waals surface area contributed by atoms with Crippen molar-refractivity contribution in [3.05, 3.63) is 55.1 Å². The van der Waals surface area contributed by atoms with E-state index in [-0.39, 0.29) is 0 Å². The zero-order valence-electron chi connectivity index (χ0n) is 12.4. The highest BCUT2D eigenvalue weighted by Gasteiger charge is 2.14. The second kappa shape index (κ2) is 8.47. The Labute approximate surface area is 148 Å². The number of rotatable bonds is 7. The van der Waals surface area contributed by atoms with E-state index >= 15 is 0 Å². The molecule has 0 fully saturated rings. The first-order valence-corrected chi connectivity index (χ1v) is 9.65. The lowest BCUT2D eigenvalue weighted by Gasteiger charge is -2.19. The molecular formula is C17H21Br2NS. The van der Waals surface area contributed by atoms with E-state index in [9.17, 15) is 0 Å². The fourth-order valence-corrected chi connectivity index (χ4v) is 4.30. The predicted octanol–water partition coefficient (Wildman–Crippen LogP) is 5.85. The molecule has 0 radical (unpaired) electrons. The van der Waals surface area contributed by atoms with Crippen LogP contribution in [0.3, 0.4) is 0 Å². The predicted molar refractivity (Wildman–Crippen MR) is 100 cm³/mol. The van der Waals surface area contributed by atoms with Crippen LogP contribution >= 0.6 is 43.2 Å². The molecule has 0 saturated heterocycles. The van der Waals surface area contributed by atoms with Crippen LogP contribution in [0, 0.1) is 5.92 Å². The van der Waals surface area contributed by atoms with Crippen molar-refractivity contribution in [2.24, 2.45) is 5.92 Å². The van der Waals surface area contributed by atoms with Gasteiger partial charge in [0.2, 0.25) is 0 Å². The largest absolute Gasteiger partial charge is 0.316 e. The lowest BCUT2D eigenvalue weighted by molar-refractivity contribution is 0.515. The molecule has 2 rings (SSSR count). The summed E-state index contributed by atoms with van der Waals surface area (Å²) >= 11 is 8.98. The molecule has 1 aromatic carbocycles. The van der Waals surface area contributed by atoms with Gasteiger partial charge in [0.25, 0.3) is 0 Å². The monoisotopic (exact) mass is 429 g/mol. The minimum absolute atomic E-state index is 0.506. The maximum atomic E-state index is 3.61. The number of hydrogen-bond donors (Lipinski definition) is 1. The number of halogens is 2. The quantitative estimate of drug-likeness (QED) is 0.581. The summed E-state index contributed by atoms with van der Waals surface area (Å²) in [6.07, 6.45) is 1.08. The van der Waals surface area contributed by atoms with E-state index in [4.69, 9.17) is 0 Å². The summed E-state index contributed by atoms with van der Waals surface area (Å²) in [6, 6.07) is 13.0. The van der Waals surface area contributed by atoms with Crippen molar-refractivity contribution in [3.8, 4) is 0 Å². The molecule has 21 heavy (non-hydrogen) atoms. The van der Waals surface area contributed by atoms with Crippen molar-refractivity contribution < 1.29 is 0 Å². The first kappa shape index (κ1) is 17.2. The Hall–Kier alpha value is -0.160. The Morgan fingerprint density at radius 3 is 2.52 bits per heavy atom. The Kier molecular flexibility index (Phi) is 6.93. The summed E-state index contributed by atoms with van der Waals surface area (Å²) < 4.78 is 2.36. The molecule has 1 atom stereocenters. The smallest absolute Gasteiger partial charge is 0.0701 e. The normalized spacial score (nSPS) is 12.8. The van der Waals surface area contributed by atoms with E-state index in [0.717, 1.165) is 24.0 Å². The van der Waals surface area contributed by atoms with Crippen LogP contribution in [0.2, 0.25) is 0 Å². The van der Waals surface area contributed by atoms with Gasteiger partial charge in [0.15, 0.2) is 0 Å². The highest BCUT2D eigenvalue weighted by atomic mass is 79.9. The number of thiophene rings is 1. The van der Waals surface area contributed by atoms with E-state index < -0.39 is 0 Å². The van der Waals surface area contributed by atoms with Crippen molar-refractivity contribution in [2.45, 2.75) is 26.2 Å². The second-order valence-electron chi connectivity index (χ2n) is 5.71. The van der Waals surface area contributed by atoms with Crippen molar-refractivity contribution in [2.75, 3.05) is 13.1 Å². The first-order chi connectivity index (χ1) is 10.0. The van der Waals surface area contributed by atoms with E-state index in [2.05, 4.69) is 87.4 Å². The fraction of sp³-hybridized carbons (Fsp3) is 0.412. The average Bonchev–Trinajstić information content (AvgIpc) is 2.83. The third-order valence-corrected chi connectivity index (χ3v) is 5.48. The molecule has 0 saturated carbocycles. The molecule has 0 aliphatic rings. The summed E-state index contributed by atoms with van der Waals surface area (Å²) in [6.45, 7) is 6.58. The van der Waals surface area contributed by atoms with Gasteiger partial charge in [0.05, 0.1) is 3.79 Å². The maximum Gasteiger partial charge on any atom is 0.0701 e. The summed E-state index contributed by atoms with van der Waals surface area (Å²) in [5.41, 5.74) is 1.39. The molecule has 1 aromatic heterocycles. The van der Waals surface area contributed by atoms with Gasteiger partial charge in [-0.05, 0) is 64.6 Å². The standard InChI is InChI=1S/C17H21Br2NS/c1-12(2)10-20-11-14(9-16-6-7-17(19)21-16)13-4-3-5-15(18)8-13/h3-8,12,14,20H,9-11H2,1-2H3. The first-order valence-electron chi connectivity index (χ1n) is 7.25. The Bertz CT molecular complexity index is 565. The Morgan fingerprint density at radius 2 is 1.90 bits per heavy atom. The van der Waals surface area contributed by atoms with Gasteiger partial charge >= 0.3 is 0 Å². The summed E-state index contributed by atoms with van der Waals surface area (Å²) in [4.78, 5) is 1.43. The molecule has 0 spiro atoms. The van der Waals surface area contributed by atoms with Crippen LogP contribution in [-0.4, -0.2) is 13.1 Å². The van der Waals surface area contributed by atoms with Crippen LogP contribution in [0.1, 0.15) is 30.2 Å². The number of hydrogen-bond acceptors (Lipinski definition) is 2. The van der Waals surface area contributed by atoms with Crippen LogP contribution in [0.15, 0.2) is 44.7 Å². The van der Waals surface area contributed by atoms with Gasteiger partial charge in [0, 0.05) is 21.8 Å². The molecule has 2 aromatic rings. The van der Waals surface area contributed by atoms with Gasteiger partial charge in [-0.15, -0.1) is 11.3 Å². The minimum atomic E-state index is 0.506. The third kappa shape index (κ3) is 5.85. The Balaban J connectivity index is 2.09. The van der Waals surface area contributed by atoms with E-state index in [1.165, 1.54) is 14.2 Å². The molecule has 1 heterocycles. The summed E-state index contributed by atoms with van der Waals surface area (Å²) in [5, 5.41) is 3.61. The lowest BCUT2D eigenvalue weighted by Crippen LogP contribution is -2.26. The average molecular weight is 431 g/mol. The van der Waals surface area contributed by atoms with Gasteiger partial charge in [-0.1, -0.05) is 41.9 Å². The molecule has 4 heteroatoms. The minimum Gasteiger partial charge on any atom is -0.316 e. The van der Waals surface area contributed by atoms with Crippen LogP contribution in [-0.2, 0) is 6.42 Å². The fourth-order valence-electron chi connectivity index (χ4n) is 2.32. The molecule has 1 unspecified atom stereocenters. The second-order valence-corrected chi connectivity index (χ2v) is 9.18. The van der Waals surface area contributed by atoms with E-state index in [1.807, 2.05) is 11.3 Å². The third-order valence-electron chi connectivity index (χ3n) is 3.34. The van der Waals surface area contributed by atoms with E-state index in [1.54, 1.807) is 0 Å². The lowest BCUT2D eigenvalue weighted by atomic mass is 9.95. The molecule has 114 valence electrons. The van der Waals surface area contributed by atoms with Crippen LogP contribution in [0.25, 0.3) is 0 Å². The highest BCUT2D eigenvalue weighted by molar-refractivity contribution is 9.11. The topological polar surface area (TPSA) is 12.0 Å². The number of nitrogens with one attached hydrogen (secondary N) is 1. The van der Waals surface area contributed by atoms with Crippen molar-refractivity contribution in [3.63, 3.8) is 0 Å². The molecule has 0 amide bonds. The summed E-state index contributed by atoms with van der Waals surface area (Å²) in [5.74, 6) is 1.19. The van der Waals surface area contributed by atoms with Gasteiger partial charge in [-0.25, -0.2) is 0 Å². The highest BCUT2D eigenvalue weighted by Crippen LogP contribution is 2.29. The van der Waals surface area contributed by atoms with Gasteiger partial charge in [-0.2, -0.15) is 0 Å². The maximum absolute atomic E-state index is 3.61. The Morgan fingerprint density at radius 1 is 1.10 bits per heavy atom. The zero-order chi connectivity index (χ0) is 15.2.